The zero-order valence-corrected chi connectivity index (χ0v) is 6.94. The second kappa shape index (κ2) is 5.03. The first kappa shape index (κ1) is 11.3. The Bertz CT molecular complexity index is 138. The predicted octanol–water partition coefficient (Wildman–Crippen LogP) is 1.10. The fourth-order valence-electron chi connectivity index (χ4n) is 0.793. The molecule has 1 saturated heterocycles. The molecule has 0 bridgehead atoms. The van der Waals surface area contributed by atoms with Crippen molar-refractivity contribution in [2.75, 3.05) is 13.1 Å². The van der Waals surface area contributed by atoms with Crippen LogP contribution in [0.15, 0.2) is 0 Å². The fourth-order valence-corrected chi connectivity index (χ4v) is 0.793. The summed E-state index contributed by atoms with van der Waals surface area (Å²) in [7, 11) is 0. The fraction of sp³-hybridized carbons (Fsp3) is 0.857. The molecule has 1 rings (SSSR count). The highest BCUT2D eigenvalue weighted by Crippen LogP contribution is 2.23. The number of halogens is 2. The first-order valence-electron chi connectivity index (χ1n) is 3.72. The minimum atomic E-state index is -2.38. The van der Waals surface area contributed by atoms with Gasteiger partial charge in [-0.15, -0.1) is 0 Å². The number of nitrogens with one attached hydrogen (secondary N) is 1. The maximum absolute atomic E-state index is 12.2. The molecule has 0 aromatic rings. The smallest absolute Gasteiger partial charge is 0.300 e. The van der Waals surface area contributed by atoms with E-state index in [-0.39, 0.29) is 12.8 Å². The van der Waals surface area contributed by atoms with E-state index in [0.29, 0.717) is 13.1 Å². The van der Waals surface area contributed by atoms with Gasteiger partial charge < -0.3 is 10.4 Å². The van der Waals surface area contributed by atoms with Crippen molar-refractivity contribution in [1.82, 2.24) is 5.32 Å². The molecule has 0 aromatic heterocycles. The Balaban J connectivity index is 0.000000261. The number of carboxylic acids is 1. The van der Waals surface area contributed by atoms with E-state index in [0.717, 1.165) is 6.92 Å². The average Bonchev–Trinajstić information content (AvgIpc) is 1.85. The quantitative estimate of drug-likeness (QED) is 0.588. The zero-order chi connectivity index (χ0) is 9.61. The summed E-state index contributed by atoms with van der Waals surface area (Å²) in [6.07, 6.45) is 0.0139. The van der Waals surface area contributed by atoms with Crippen LogP contribution in [0.3, 0.4) is 0 Å². The SMILES string of the molecule is CC(=O)O.FC1(F)CCNCC1. The molecule has 0 unspecified atom stereocenters. The highest BCUT2D eigenvalue weighted by atomic mass is 19.3. The molecule has 0 aliphatic carbocycles. The molecule has 0 aromatic carbocycles. The van der Waals surface area contributed by atoms with Gasteiger partial charge in [0.15, 0.2) is 0 Å². The number of hydrogen-bond acceptors (Lipinski definition) is 2. The molecular formula is C7H13F2NO2. The van der Waals surface area contributed by atoms with E-state index in [1.165, 1.54) is 0 Å². The first-order chi connectivity index (χ1) is 5.44. The maximum Gasteiger partial charge on any atom is 0.300 e. The summed E-state index contributed by atoms with van der Waals surface area (Å²) < 4.78 is 24.3. The zero-order valence-electron chi connectivity index (χ0n) is 6.94. The second-order valence-electron chi connectivity index (χ2n) is 2.62. The molecule has 0 radical (unpaired) electrons. The normalized spacial score (nSPS) is 20.6. The number of piperidine rings is 1. The van der Waals surface area contributed by atoms with Crippen molar-refractivity contribution in [2.45, 2.75) is 25.7 Å². The van der Waals surface area contributed by atoms with Gasteiger partial charge in [0.05, 0.1) is 0 Å². The van der Waals surface area contributed by atoms with Crippen molar-refractivity contribution < 1.29 is 18.7 Å². The van der Waals surface area contributed by atoms with Crippen molar-refractivity contribution in [1.29, 1.82) is 0 Å². The summed E-state index contributed by atoms with van der Waals surface area (Å²) in [5.41, 5.74) is 0. The van der Waals surface area contributed by atoms with Crippen molar-refractivity contribution >= 4 is 5.97 Å². The van der Waals surface area contributed by atoms with Gasteiger partial charge in [-0.3, -0.25) is 4.79 Å². The van der Waals surface area contributed by atoms with Crippen LogP contribution in [0.2, 0.25) is 0 Å². The van der Waals surface area contributed by atoms with Gasteiger partial charge in [-0.2, -0.15) is 0 Å². The van der Waals surface area contributed by atoms with Gasteiger partial charge in [-0.25, -0.2) is 8.78 Å². The molecule has 0 spiro atoms. The molecule has 0 atom stereocenters. The Morgan fingerprint density at radius 1 is 1.42 bits per heavy atom. The summed E-state index contributed by atoms with van der Waals surface area (Å²) in [6.45, 7) is 2.01. The van der Waals surface area contributed by atoms with Crippen LogP contribution >= 0.6 is 0 Å². The third kappa shape index (κ3) is 7.40. The average molecular weight is 181 g/mol. The lowest BCUT2D eigenvalue weighted by molar-refractivity contribution is -0.134. The van der Waals surface area contributed by atoms with Crippen molar-refractivity contribution in [3.63, 3.8) is 0 Å². The number of rotatable bonds is 0. The Morgan fingerprint density at radius 3 is 1.92 bits per heavy atom. The molecule has 1 heterocycles. The van der Waals surface area contributed by atoms with Crippen LogP contribution in [0.1, 0.15) is 19.8 Å². The predicted molar refractivity (Wildman–Crippen MR) is 40.4 cm³/mol. The Labute approximate surface area is 69.8 Å². The van der Waals surface area contributed by atoms with Crippen LogP contribution in [0.25, 0.3) is 0 Å². The standard InChI is InChI=1S/C5H9F2N.C2H4O2/c6-5(7)1-3-8-4-2-5;1-2(3)4/h8H,1-4H2;1H3,(H,3,4). The van der Waals surface area contributed by atoms with Crippen LogP contribution < -0.4 is 5.32 Å². The summed E-state index contributed by atoms with van der Waals surface area (Å²) in [4.78, 5) is 9.00. The van der Waals surface area contributed by atoms with E-state index in [1.54, 1.807) is 0 Å². The molecule has 1 fully saturated rings. The minimum absolute atomic E-state index is 0.00694. The molecule has 3 nitrogen and oxygen atoms in total. The van der Waals surface area contributed by atoms with Crippen LogP contribution in [0.4, 0.5) is 8.78 Å². The minimum Gasteiger partial charge on any atom is -0.481 e. The summed E-state index contributed by atoms with van der Waals surface area (Å²) in [5, 5.41) is 10.3. The summed E-state index contributed by atoms with van der Waals surface area (Å²) >= 11 is 0. The summed E-state index contributed by atoms with van der Waals surface area (Å²) in [5.74, 6) is -3.22. The molecular weight excluding hydrogens is 168 g/mol. The second-order valence-corrected chi connectivity index (χ2v) is 2.62. The lowest BCUT2D eigenvalue weighted by Crippen LogP contribution is -2.35. The molecule has 0 saturated carbocycles. The third-order valence-corrected chi connectivity index (χ3v) is 1.34. The number of hydrogen-bond donors (Lipinski definition) is 2. The number of carbonyl (C=O) groups is 1. The Morgan fingerprint density at radius 2 is 1.75 bits per heavy atom. The van der Waals surface area contributed by atoms with Gasteiger partial charge in [-0.1, -0.05) is 0 Å². The largest absolute Gasteiger partial charge is 0.481 e. The van der Waals surface area contributed by atoms with Crippen LogP contribution in [-0.4, -0.2) is 30.1 Å². The Hall–Kier alpha value is -0.710. The van der Waals surface area contributed by atoms with Crippen LogP contribution in [-0.2, 0) is 4.79 Å². The third-order valence-electron chi connectivity index (χ3n) is 1.34. The van der Waals surface area contributed by atoms with Gasteiger partial charge in [0.1, 0.15) is 0 Å². The van der Waals surface area contributed by atoms with E-state index in [2.05, 4.69) is 5.32 Å². The molecule has 1 aliphatic rings. The van der Waals surface area contributed by atoms with Crippen molar-refractivity contribution in [3.05, 3.63) is 0 Å². The highest BCUT2D eigenvalue weighted by molar-refractivity contribution is 5.62. The van der Waals surface area contributed by atoms with Crippen molar-refractivity contribution in [2.24, 2.45) is 0 Å². The van der Waals surface area contributed by atoms with E-state index < -0.39 is 11.9 Å². The van der Waals surface area contributed by atoms with Gasteiger partial charge in [0, 0.05) is 32.9 Å². The van der Waals surface area contributed by atoms with Gasteiger partial charge >= 0.3 is 0 Å². The first-order valence-corrected chi connectivity index (χ1v) is 3.72. The molecule has 2 N–H and O–H groups in total. The van der Waals surface area contributed by atoms with E-state index in [9.17, 15) is 8.78 Å². The van der Waals surface area contributed by atoms with E-state index in [1.807, 2.05) is 0 Å². The monoisotopic (exact) mass is 181 g/mol. The number of aliphatic carboxylic acids is 1. The molecule has 5 heteroatoms. The van der Waals surface area contributed by atoms with Gasteiger partial charge in [0.25, 0.3) is 11.9 Å². The lowest BCUT2D eigenvalue weighted by Gasteiger charge is -2.21. The van der Waals surface area contributed by atoms with Crippen molar-refractivity contribution in [3.8, 4) is 0 Å². The molecule has 0 amide bonds. The maximum atomic E-state index is 12.2. The van der Waals surface area contributed by atoms with Gasteiger partial charge in [-0.05, 0) is 0 Å². The highest BCUT2D eigenvalue weighted by Gasteiger charge is 2.30. The van der Waals surface area contributed by atoms with Crippen LogP contribution in [0, 0.1) is 0 Å². The topological polar surface area (TPSA) is 49.3 Å². The van der Waals surface area contributed by atoms with E-state index in [4.69, 9.17) is 9.90 Å². The van der Waals surface area contributed by atoms with E-state index >= 15 is 0 Å². The molecule has 12 heavy (non-hydrogen) atoms. The molecule has 72 valence electrons. The number of carboxylic acid groups (broad SMARTS) is 1. The number of alkyl halides is 2. The summed E-state index contributed by atoms with van der Waals surface area (Å²) in [6, 6.07) is 0. The molecule has 1 aliphatic heterocycles. The van der Waals surface area contributed by atoms with Gasteiger partial charge in [0.2, 0.25) is 0 Å². The lowest BCUT2D eigenvalue weighted by atomic mass is 10.1. The Kier molecular flexibility index (Phi) is 4.73. The van der Waals surface area contributed by atoms with Crippen LogP contribution in [0.5, 0.6) is 0 Å².